The van der Waals surface area contributed by atoms with Crippen molar-refractivity contribution in [1.82, 2.24) is 10.2 Å². The summed E-state index contributed by atoms with van der Waals surface area (Å²) in [5.74, 6) is 0.904. The number of nitrogens with zero attached hydrogens (tertiary/aromatic N) is 1. The number of hydrogen-bond donors (Lipinski definition) is 1. The minimum atomic E-state index is 0.181. The van der Waals surface area contributed by atoms with Gasteiger partial charge < -0.3 is 10.2 Å². The highest BCUT2D eigenvalue weighted by Crippen LogP contribution is 2.29. The van der Waals surface area contributed by atoms with Gasteiger partial charge in [-0.1, -0.05) is 49.7 Å². The second-order valence-electron chi connectivity index (χ2n) is 7.02. The van der Waals surface area contributed by atoms with Crippen LogP contribution in [0.3, 0.4) is 0 Å². The number of carbonyl (C=O) groups excluding carboxylic acids is 1. The summed E-state index contributed by atoms with van der Waals surface area (Å²) >= 11 is 6.03. The van der Waals surface area contributed by atoms with E-state index in [1.54, 1.807) is 6.92 Å². The molecule has 0 aliphatic carbocycles. The Bertz CT molecular complexity index is 560. The molecule has 1 heterocycles. The summed E-state index contributed by atoms with van der Waals surface area (Å²) in [4.78, 5) is 13.4. The van der Waals surface area contributed by atoms with Crippen LogP contribution in [0.15, 0.2) is 36.4 Å². The molecule has 1 aliphatic heterocycles. The summed E-state index contributed by atoms with van der Waals surface area (Å²) in [6.07, 6.45) is 2.03. The Hall–Kier alpha value is -1.32. The first-order valence-electron chi connectivity index (χ1n) is 8.81. The molecule has 1 N–H and O–H groups in total. The van der Waals surface area contributed by atoms with Crippen molar-refractivity contribution in [1.29, 1.82) is 0 Å². The van der Waals surface area contributed by atoms with Crippen molar-refractivity contribution in [3.8, 4) is 0 Å². The third kappa shape index (κ3) is 5.09. The fourth-order valence-corrected chi connectivity index (χ4v) is 3.37. The summed E-state index contributed by atoms with van der Waals surface area (Å²) in [5.41, 5.74) is 2.50. The SMILES string of the molecule is C=C(C(C)C)[C@H](CNC1CCN(C(C)=O)CC1)c1ccc(Cl)cc1. The number of amides is 1. The smallest absolute Gasteiger partial charge is 0.219 e. The Morgan fingerprint density at radius 3 is 2.38 bits per heavy atom. The molecule has 1 saturated heterocycles. The van der Waals surface area contributed by atoms with Gasteiger partial charge in [-0.3, -0.25) is 4.79 Å². The van der Waals surface area contributed by atoms with Gasteiger partial charge in [-0.05, 0) is 36.5 Å². The van der Waals surface area contributed by atoms with Gasteiger partial charge in [-0.25, -0.2) is 0 Å². The highest BCUT2D eigenvalue weighted by molar-refractivity contribution is 6.30. The minimum absolute atomic E-state index is 0.181. The zero-order chi connectivity index (χ0) is 17.7. The van der Waals surface area contributed by atoms with Crippen molar-refractivity contribution in [3.05, 3.63) is 47.0 Å². The Morgan fingerprint density at radius 2 is 1.88 bits per heavy atom. The molecule has 24 heavy (non-hydrogen) atoms. The summed E-state index contributed by atoms with van der Waals surface area (Å²) in [6.45, 7) is 12.9. The van der Waals surface area contributed by atoms with E-state index in [1.165, 1.54) is 11.1 Å². The van der Waals surface area contributed by atoms with Gasteiger partial charge in [0.05, 0.1) is 0 Å². The standard InChI is InChI=1S/C20H29ClN2O/c1-14(2)15(3)20(17-5-7-18(21)8-6-17)13-22-19-9-11-23(12-10-19)16(4)24/h5-8,14,19-20,22H,3,9-13H2,1-2,4H3/t20-/m0/s1. The Balaban J connectivity index is 1.98. The normalized spacial score (nSPS) is 17.1. The molecule has 0 bridgehead atoms. The van der Waals surface area contributed by atoms with E-state index in [4.69, 9.17) is 11.6 Å². The van der Waals surface area contributed by atoms with Crippen LogP contribution in [0.25, 0.3) is 0 Å². The van der Waals surface area contributed by atoms with Crippen molar-refractivity contribution in [2.24, 2.45) is 5.92 Å². The van der Waals surface area contributed by atoms with Gasteiger partial charge in [0.25, 0.3) is 0 Å². The number of likely N-dealkylation sites (tertiary alicyclic amines) is 1. The molecule has 0 unspecified atom stereocenters. The lowest BCUT2D eigenvalue weighted by Crippen LogP contribution is -2.45. The maximum atomic E-state index is 11.4. The molecule has 1 atom stereocenters. The van der Waals surface area contributed by atoms with Gasteiger partial charge in [0, 0.05) is 43.5 Å². The molecule has 2 rings (SSSR count). The van der Waals surface area contributed by atoms with Gasteiger partial charge in [0.1, 0.15) is 0 Å². The van der Waals surface area contributed by atoms with Crippen LogP contribution in [0.1, 0.15) is 45.1 Å². The number of halogens is 1. The molecule has 1 aromatic rings. The van der Waals surface area contributed by atoms with Crippen LogP contribution in [0.2, 0.25) is 5.02 Å². The number of carbonyl (C=O) groups is 1. The van der Waals surface area contributed by atoms with Crippen LogP contribution < -0.4 is 5.32 Å². The van der Waals surface area contributed by atoms with Gasteiger partial charge >= 0.3 is 0 Å². The quantitative estimate of drug-likeness (QED) is 0.780. The maximum absolute atomic E-state index is 11.4. The van der Waals surface area contributed by atoms with Crippen molar-refractivity contribution in [2.45, 2.75) is 45.6 Å². The molecule has 1 aliphatic rings. The zero-order valence-corrected chi connectivity index (χ0v) is 15.8. The van der Waals surface area contributed by atoms with Crippen molar-refractivity contribution in [3.63, 3.8) is 0 Å². The molecule has 132 valence electrons. The monoisotopic (exact) mass is 348 g/mol. The third-order valence-electron chi connectivity index (χ3n) is 5.01. The minimum Gasteiger partial charge on any atom is -0.343 e. The summed E-state index contributed by atoms with van der Waals surface area (Å²) in [7, 11) is 0. The van der Waals surface area contributed by atoms with E-state index in [2.05, 4.69) is 37.9 Å². The first-order valence-corrected chi connectivity index (χ1v) is 9.19. The van der Waals surface area contributed by atoms with E-state index in [0.29, 0.717) is 12.0 Å². The molecule has 0 saturated carbocycles. The van der Waals surface area contributed by atoms with Crippen LogP contribution in [0.4, 0.5) is 0 Å². The number of rotatable bonds is 6. The lowest BCUT2D eigenvalue weighted by atomic mass is 9.85. The van der Waals surface area contributed by atoms with E-state index >= 15 is 0 Å². The van der Waals surface area contributed by atoms with E-state index in [1.807, 2.05) is 17.0 Å². The fraction of sp³-hybridized carbons (Fsp3) is 0.550. The molecular weight excluding hydrogens is 320 g/mol. The zero-order valence-electron chi connectivity index (χ0n) is 15.0. The highest BCUT2D eigenvalue weighted by atomic mass is 35.5. The molecule has 4 heteroatoms. The summed E-state index contributed by atoms with van der Waals surface area (Å²) in [6, 6.07) is 8.56. The van der Waals surface area contributed by atoms with Crippen molar-refractivity contribution in [2.75, 3.05) is 19.6 Å². The van der Waals surface area contributed by atoms with Gasteiger partial charge in [0.2, 0.25) is 5.91 Å². The Kier molecular flexibility index (Phi) is 6.88. The Morgan fingerprint density at radius 1 is 1.29 bits per heavy atom. The maximum Gasteiger partial charge on any atom is 0.219 e. The van der Waals surface area contributed by atoms with Crippen molar-refractivity contribution >= 4 is 17.5 Å². The molecule has 3 nitrogen and oxygen atoms in total. The van der Waals surface area contributed by atoms with Gasteiger partial charge in [-0.2, -0.15) is 0 Å². The van der Waals surface area contributed by atoms with E-state index < -0.39 is 0 Å². The third-order valence-corrected chi connectivity index (χ3v) is 5.26. The Labute approximate surface area is 151 Å². The summed E-state index contributed by atoms with van der Waals surface area (Å²) in [5, 5.41) is 4.46. The lowest BCUT2D eigenvalue weighted by molar-refractivity contribution is -0.129. The molecule has 1 amide bonds. The first-order chi connectivity index (χ1) is 11.4. The van der Waals surface area contributed by atoms with Crippen LogP contribution in [-0.4, -0.2) is 36.5 Å². The predicted molar refractivity (Wildman–Crippen MR) is 101 cm³/mol. The lowest BCUT2D eigenvalue weighted by Gasteiger charge is -2.33. The average Bonchev–Trinajstić information content (AvgIpc) is 2.56. The molecule has 1 aromatic carbocycles. The molecule has 0 spiro atoms. The van der Waals surface area contributed by atoms with E-state index in [0.717, 1.165) is 37.5 Å². The molecule has 1 fully saturated rings. The summed E-state index contributed by atoms with van der Waals surface area (Å²) < 4.78 is 0. The number of piperidine rings is 1. The number of hydrogen-bond acceptors (Lipinski definition) is 2. The topological polar surface area (TPSA) is 32.3 Å². The first kappa shape index (κ1) is 19.0. The van der Waals surface area contributed by atoms with E-state index in [-0.39, 0.29) is 11.8 Å². The molecular formula is C20H29ClN2O. The van der Waals surface area contributed by atoms with Crippen LogP contribution in [-0.2, 0) is 4.79 Å². The second kappa shape index (κ2) is 8.68. The number of benzene rings is 1. The highest BCUT2D eigenvalue weighted by Gasteiger charge is 2.23. The molecule has 0 radical (unpaired) electrons. The van der Waals surface area contributed by atoms with Crippen LogP contribution in [0.5, 0.6) is 0 Å². The average molecular weight is 349 g/mol. The van der Waals surface area contributed by atoms with Crippen LogP contribution in [0, 0.1) is 5.92 Å². The fourth-order valence-electron chi connectivity index (χ4n) is 3.24. The predicted octanol–water partition coefficient (Wildman–Crippen LogP) is 4.24. The molecule has 0 aromatic heterocycles. The largest absolute Gasteiger partial charge is 0.343 e. The van der Waals surface area contributed by atoms with Gasteiger partial charge in [0.15, 0.2) is 0 Å². The number of nitrogens with one attached hydrogen (secondary N) is 1. The van der Waals surface area contributed by atoms with Gasteiger partial charge in [-0.15, -0.1) is 0 Å². The van der Waals surface area contributed by atoms with Crippen molar-refractivity contribution < 1.29 is 4.79 Å². The van der Waals surface area contributed by atoms with E-state index in [9.17, 15) is 4.79 Å². The van der Waals surface area contributed by atoms with Crippen LogP contribution >= 0.6 is 11.6 Å². The second-order valence-corrected chi connectivity index (χ2v) is 7.46.